The lowest BCUT2D eigenvalue weighted by Gasteiger charge is -2.13. The molecular weight excluding hydrogens is 412 g/mol. The van der Waals surface area contributed by atoms with Crippen LogP contribution >= 0.6 is 23.8 Å². The molecule has 1 amide bonds. The second kappa shape index (κ2) is 9.11. The molecule has 2 aromatic carbocycles. The Morgan fingerprint density at radius 2 is 2.00 bits per heavy atom. The van der Waals surface area contributed by atoms with Crippen molar-refractivity contribution >= 4 is 35.4 Å². The minimum Gasteiger partial charge on any atom is -0.495 e. The summed E-state index contributed by atoms with van der Waals surface area (Å²) in [5.74, 6) is 1.41. The fourth-order valence-electron chi connectivity index (χ4n) is 2.91. The van der Waals surface area contributed by atoms with Crippen molar-refractivity contribution in [2.24, 2.45) is 0 Å². The lowest BCUT2D eigenvalue weighted by molar-refractivity contribution is -0.116. The molecule has 3 aromatic rings. The predicted octanol–water partition coefficient (Wildman–Crippen LogP) is 4.62. The number of rotatable bonds is 7. The molecule has 0 spiro atoms. The highest BCUT2D eigenvalue weighted by molar-refractivity contribution is 7.71. The van der Waals surface area contributed by atoms with Crippen LogP contribution in [0.4, 0.5) is 5.69 Å². The van der Waals surface area contributed by atoms with E-state index in [0.717, 1.165) is 11.1 Å². The van der Waals surface area contributed by atoms with Gasteiger partial charge < -0.3 is 14.8 Å². The van der Waals surface area contributed by atoms with E-state index in [0.29, 0.717) is 39.3 Å². The van der Waals surface area contributed by atoms with Gasteiger partial charge in [0, 0.05) is 24.6 Å². The van der Waals surface area contributed by atoms with Crippen LogP contribution in [0.3, 0.4) is 0 Å². The number of H-pyrrole nitrogens is 1. The number of ether oxygens (including phenoxy) is 2. The smallest absolute Gasteiger partial charge is 0.226 e. The van der Waals surface area contributed by atoms with Gasteiger partial charge in [0.2, 0.25) is 5.91 Å². The topological polar surface area (TPSA) is 81.2 Å². The number of aromatic amines is 1. The number of anilines is 1. The third-order valence-electron chi connectivity index (χ3n) is 4.35. The van der Waals surface area contributed by atoms with Gasteiger partial charge in [0.1, 0.15) is 11.5 Å². The maximum absolute atomic E-state index is 12.5. The molecule has 0 aliphatic heterocycles. The second-order valence-electron chi connectivity index (χ2n) is 6.36. The van der Waals surface area contributed by atoms with Crippen LogP contribution in [0.1, 0.15) is 12.0 Å². The molecular formula is C20H21ClN4O3S. The summed E-state index contributed by atoms with van der Waals surface area (Å²) in [5, 5.41) is 10.3. The fraction of sp³-hybridized carbons (Fsp3) is 0.250. The van der Waals surface area contributed by atoms with Gasteiger partial charge in [-0.3, -0.25) is 14.5 Å². The van der Waals surface area contributed by atoms with Crippen LogP contribution in [-0.2, 0) is 11.3 Å². The zero-order chi connectivity index (χ0) is 21.0. The highest BCUT2D eigenvalue weighted by atomic mass is 35.5. The van der Waals surface area contributed by atoms with Crippen LogP contribution < -0.4 is 14.8 Å². The number of amides is 1. The third-order valence-corrected chi connectivity index (χ3v) is 4.95. The molecule has 152 valence electrons. The Hall–Kier alpha value is -2.84. The maximum Gasteiger partial charge on any atom is 0.226 e. The van der Waals surface area contributed by atoms with Crippen LogP contribution in [0.15, 0.2) is 36.4 Å². The van der Waals surface area contributed by atoms with Crippen molar-refractivity contribution in [3.63, 3.8) is 0 Å². The molecule has 29 heavy (non-hydrogen) atoms. The lowest BCUT2D eigenvalue weighted by Crippen LogP contribution is -2.15. The Balaban J connectivity index is 1.75. The summed E-state index contributed by atoms with van der Waals surface area (Å²) in [4.78, 5) is 12.5. The lowest BCUT2D eigenvalue weighted by atomic mass is 10.1. The zero-order valence-electron chi connectivity index (χ0n) is 16.3. The molecule has 2 N–H and O–H groups in total. The monoisotopic (exact) mass is 432 g/mol. The molecule has 7 nitrogen and oxygen atoms in total. The number of aromatic nitrogens is 3. The second-order valence-corrected chi connectivity index (χ2v) is 7.15. The molecule has 0 saturated carbocycles. The van der Waals surface area contributed by atoms with E-state index >= 15 is 0 Å². The highest BCUT2D eigenvalue weighted by Gasteiger charge is 2.14. The fourth-order valence-corrected chi connectivity index (χ4v) is 3.38. The molecule has 0 bridgehead atoms. The number of nitrogens with one attached hydrogen (secondary N) is 2. The Morgan fingerprint density at radius 3 is 2.69 bits per heavy atom. The van der Waals surface area contributed by atoms with E-state index in [1.807, 2.05) is 35.8 Å². The van der Waals surface area contributed by atoms with Gasteiger partial charge in [-0.1, -0.05) is 35.4 Å². The van der Waals surface area contributed by atoms with E-state index in [1.165, 1.54) is 14.2 Å². The Bertz CT molecular complexity index is 1090. The van der Waals surface area contributed by atoms with Crippen molar-refractivity contribution in [2.75, 3.05) is 19.5 Å². The summed E-state index contributed by atoms with van der Waals surface area (Å²) in [6, 6.07) is 11.2. The molecule has 0 aliphatic carbocycles. The molecule has 1 heterocycles. The van der Waals surface area contributed by atoms with Gasteiger partial charge in [0.05, 0.1) is 24.9 Å². The zero-order valence-corrected chi connectivity index (χ0v) is 17.9. The minimum atomic E-state index is -0.206. The van der Waals surface area contributed by atoms with E-state index in [-0.39, 0.29) is 12.3 Å². The van der Waals surface area contributed by atoms with Crippen LogP contribution in [0.2, 0.25) is 5.02 Å². The number of aryl methyl sites for hydroxylation is 1. The first-order valence-electron chi connectivity index (χ1n) is 8.86. The quantitative estimate of drug-likeness (QED) is 0.532. The third kappa shape index (κ3) is 4.78. The van der Waals surface area contributed by atoms with Gasteiger partial charge >= 0.3 is 0 Å². The average molecular weight is 433 g/mol. The van der Waals surface area contributed by atoms with E-state index < -0.39 is 0 Å². The van der Waals surface area contributed by atoms with Gasteiger partial charge in [0.25, 0.3) is 0 Å². The van der Waals surface area contributed by atoms with Gasteiger partial charge in [-0.15, -0.1) is 0 Å². The van der Waals surface area contributed by atoms with Gasteiger partial charge in [-0.25, -0.2) is 0 Å². The van der Waals surface area contributed by atoms with Crippen LogP contribution in [0, 0.1) is 11.7 Å². The molecule has 0 radical (unpaired) electrons. The van der Waals surface area contributed by atoms with Crippen molar-refractivity contribution < 1.29 is 14.3 Å². The largest absolute Gasteiger partial charge is 0.495 e. The van der Waals surface area contributed by atoms with E-state index in [2.05, 4.69) is 15.5 Å². The summed E-state index contributed by atoms with van der Waals surface area (Å²) in [5.41, 5.74) is 2.52. The normalized spacial score (nSPS) is 10.6. The molecule has 0 atom stereocenters. The molecule has 9 heteroatoms. The first kappa shape index (κ1) is 20.9. The molecule has 3 rings (SSSR count). The number of hydrogen-bond acceptors (Lipinski definition) is 5. The van der Waals surface area contributed by atoms with Crippen molar-refractivity contribution in [3.8, 4) is 22.9 Å². The van der Waals surface area contributed by atoms with Gasteiger partial charge in [-0.05, 0) is 31.3 Å². The van der Waals surface area contributed by atoms with E-state index in [1.54, 1.807) is 12.1 Å². The summed E-state index contributed by atoms with van der Waals surface area (Å²) < 4.78 is 12.7. The summed E-state index contributed by atoms with van der Waals surface area (Å²) >= 11 is 11.5. The van der Waals surface area contributed by atoms with E-state index in [4.69, 9.17) is 33.3 Å². The Labute approximate surface area is 178 Å². The number of benzene rings is 2. The summed E-state index contributed by atoms with van der Waals surface area (Å²) in [7, 11) is 3.02. The molecule has 0 unspecified atom stereocenters. The molecule has 1 aromatic heterocycles. The molecule has 0 fully saturated rings. The van der Waals surface area contributed by atoms with Crippen LogP contribution in [-0.4, -0.2) is 34.9 Å². The predicted molar refractivity (Wildman–Crippen MR) is 115 cm³/mol. The SMILES string of the molecule is COc1cc(OC)c(NC(=O)CCn2c(-c3cccc(C)c3)n[nH]c2=S)cc1Cl. The van der Waals surface area contributed by atoms with Crippen molar-refractivity contribution in [2.45, 2.75) is 19.9 Å². The number of methoxy groups -OCH3 is 2. The minimum absolute atomic E-state index is 0.194. The number of carbonyl (C=O) groups is 1. The summed E-state index contributed by atoms with van der Waals surface area (Å²) in [6.07, 6.45) is 0.194. The number of nitrogens with zero attached hydrogens (tertiary/aromatic N) is 2. The number of halogens is 1. The van der Waals surface area contributed by atoms with Gasteiger partial charge in [0.15, 0.2) is 10.6 Å². The van der Waals surface area contributed by atoms with Crippen LogP contribution in [0.5, 0.6) is 11.5 Å². The molecule has 0 aliphatic rings. The first-order chi connectivity index (χ1) is 13.9. The Morgan fingerprint density at radius 1 is 1.24 bits per heavy atom. The Kier molecular flexibility index (Phi) is 6.56. The highest BCUT2D eigenvalue weighted by Crippen LogP contribution is 2.36. The van der Waals surface area contributed by atoms with E-state index in [9.17, 15) is 4.79 Å². The first-order valence-corrected chi connectivity index (χ1v) is 9.65. The van der Waals surface area contributed by atoms with Crippen LogP contribution in [0.25, 0.3) is 11.4 Å². The van der Waals surface area contributed by atoms with Crippen molar-refractivity contribution in [1.29, 1.82) is 0 Å². The van der Waals surface area contributed by atoms with Crippen molar-refractivity contribution in [1.82, 2.24) is 14.8 Å². The average Bonchev–Trinajstić information content (AvgIpc) is 3.07. The van der Waals surface area contributed by atoms with Gasteiger partial charge in [-0.2, -0.15) is 5.10 Å². The maximum atomic E-state index is 12.5. The summed E-state index contributed by atoms with van der Waals surface area (Å²) in [6.45, 7) is 2.38. The number of carbonyl (C=O) groups excluding carboxylic acids is 1. The van der Waals surface area contributed by atoms with Crippen molar-refractivity contribution in [3.05, 3.63) is 51.8 Å². The standard InChI is InChI=1S/C20H21ClN4O3S/c1-12-5-4-6-13(9-12)19-23-24-20(29)25(19)8-7-18(26)22-15-10-14(21)16(27-2)11-17(15)28-3/h4-6,9-11H,7-8H2,1-3H3,(H,22,26)(H,24,29). The molecule has 0 saturated heterocycles. The number of hydrogen-bond donors (Lipinski definition) is 2.